The van der Waals surface area contributed by atoms with Gasteiger partial charge in [0.2, 0.25) is 0 Å². The minimum Gasteiger partial charge on any atom is -0.496 e. The molecule has 0 N–H and O–H groups in total. The average Bonchev–Trinajstić information content (AvgIpc) is 2.75. The van der Waals surface area contributed by atoms with Crippen LogP contribution in [0.25, 0.3) is 0 Å². The largest absolute Gasteiger partial charge is 0.496 e. The second kappa shape index (κ2) is 4.88. The Bertz CT molecular complexity index is 559. The van der Waals surface area contributed by atoms with Crippen LogP contribution in [0.4, 0.5) is 0 Å². The summed E-state index contributed by atoms with van der Waals surface area (Å²) in [5.74, 6) is 1.02. The predicted octanol–water partition coefficient (Wildman–Crippen LogP) is 4.87. The molecule has 0 fully saturated rings. The molecule has 102 valence electrons. The maximum atomic E-state index is 5.66. The number of ether oxygens (including phenoxy) is 1. The van der Waals surface area contributed by atoms with Crippen molar-refractivity contribution in [3.8, 4) is 5.75 Å². The minimum absolute atomic E-state index is 0.0140. The van der Waals surface area contributed by atoms with Crippen LogP contribution in [0.2, 0.25) is 0 Å². The van der Waals surface area contributed by atoms with Crippen molar-refractivity contribution in [3.05, 3.63) is 52.1 Å². The standard InChI is InChI=1S/C18H24O/c1-12-7-8-15(10-12)18(4,5)16-11-13(2)9-14(3)17(16)19-6/h8-11H,7H2,1-6H3. The first kappa shape index (κ1) is 13.9. The Morgan fingerprint density at radius 3 is 2.32 bits per heavy atom. The fourth-order valence-electron chi connectivity index (χ4n) is 2.93. The molecule has 0 heterocycles. The van der Waals surface area contributed by atoms with E-state index in [0.29, 0.717) is 0 Å². The van der Waals surface area contributed by atoms with E-state index in [0.717, 1.165) is 12.2 Å². The second-order valence-electron chi connectivity index (χ2n) is 6.14. The van der Waals surface area contributed by atoms with E-state index < -0.39 is 0 Å². The summed E-state index contributed by atoms with van der Waals surface area (Å²) >= 11 is 0. The molecular weight excluding hydrogens is 232 g/mol. The van der Waals surface area contributed by atoms with Crippen molar-refractivity contribution in [1.82, 2.24) is 0 Å². The Balaban J connectivity index is 2.57. The number of methoxy groups -OCH3 is 1. The van der Waals surface area contributed by atoms with Crippen LogP contribution in [-0.4, -0.2) is 7.11 Å². The summed E-state index contributed by atoms with van der Waals surface area (Å²) in [6.07, 6.45) is 5.73. The van der Waals surface area contributed by atoms with Gasteiger partial charge in [-0.3, -0.25) is 0 Å². The molecule has 19 heavy (non-hydrogen) atoms. The Kier molecular flexibility index (Phi) is 3.58. The van der Waals surface area contributed by atoms with Crippen LogP contribution in [0, 0.1) is 13.8 Å². The van der Waals surface area contributed by atoms with Crippen molar-refractivity contribution in [2.45, 2.75) is 46.5 Å². The molecule has 1 aromatic rings. The van der Waals surface area contributed by atoms with Crippen LogP contribution in [0.15, 0.2) is 35.4 Å². The Morgan fingerprint density at radius 1 is 1.11 bits per heavy atom. The maximum Gasteiger partial charge on any atom is 0.125 e. The summed E-state index contributed by atoms with van der Waals surface area (Å²) in [4.78, 5) is 0. The first-order chi connectivity index (χ1) is 8.86. The van der Waals surface area contributed by atoms with Crippen LogP contribution in [0.5, 0.6) is 5.75 Å². The number of aryl methyl sites for hydroxylation is 2. The van der Waals surface area contributed by atoms with Crippen LogP contribution in [-0.2, 0) is 5.41 Å². The van der Waals surface area contributed by atoms with E-state index in [1.54, 1.807) is 7.11 Å². The fourth-order valence-corrected chi connectivity index (χ4v) is 2.93. The summed E-state index contributed by atoms with van der Waals surface area (Å²) in [5, 5.41) is 0. The summed E-state index contributed by atoms with van der Waals surface area (Å²) in [6, 6.07) is 4.44. The zero-order valence-corrected chi connectivity index (χ0v) is 12.9. The van der Waals surface area contributed by atoms with Gasteiger partial charge in [-0.1, -0.05) is 49.3 Å². The van der Waals surface area contributed by atoms with E-state index in [2.05, 4.69) is 58.9 Å². The third-order valence-electron chi connectivity index (χ3n) is 4.06. The second-order valence-corrected chi connectivity index (χ2v) is 6.14. The summed E-state index contributed by atoms with van der Waals surface area (Å²) in [6.45, 7) is 11.0. The van der Waals surface area contributed by atoms with Crippen LogP contribution >= 0.6 is 0 Å². The van der Waals surface area contributed by atoms with Gasteiger partial charge in [-0.05, 0) is 38.3 Å². The van der Waals surface area contributed by atoms with Crippen LogP contribution in [0.1, 0.15) is 43.9 Å². The van der Waals surface area contributed by atoms with Crippen LogP contribution < -0.4 is 4.74 Å². The van der Waals surface area contributed by atoms with Gasteiger partial charge < -0.3 is 4.74 Å². The number of benzene rings is 1. The number of allylic oxidation sites excluding steroid dienone is 4. The molecule has 0 spiro atoms. The van der Waals surface area contributed by atoms with Gasteiger partial charge >= 0.3 is 0 Å². The molecule has 1 heteroatoms. The van der Waals surface area contributed by atoms with Gasteiger partial charge in [-0.2, -0.15) is 0 Å². The van der Waals surface area contributed by atoms with Gasteiger partial charge in [0.1, 0.15) is 5.75 Å². The van der Waals surface area contributed by atoms with E-state index in [4.69, 9.17) is 4.74 Å². The molecule has 1 nitrogen and oxygen atoms in total. The zero-order chi connectivity index (χ0) is 14.2. The number of rotatable bonds is 3. The highest BCUT2D eigenvalue weighted by Crippen LogP contribution is 2.42. The van der Waals surface area contributed by atoms with Crippen molar-refractivity contribution in [2.24, 2.45) is 0 Å². The molecule has 0 aromatic heterocycles. The third kappa shape index (κ3) is 2.47. The molecule has 2 rings (SSSR count). The molecule has 0 unspecified atom stereocenters. The predicted molar refractivity (Wildman–Crippen MR) is 82.0 cm³/mol. The SMILES string of the molecule is COc1c(C)cc(C)cc1C(C)(C)C1=CCC(C)=C1. The lowest BCUT2D eigenvalue weighted by Crippen LogP contribution is -2.20. The summed E-state index contributed by atoms with van der Waals surface area (Å²) in [7, 11) is 1.77. The molecule has 1 aliphatic rings. The van der Waals surface area contributed by atoms with Gasteiger partial charge in [0.05, 0.1) is 7.11 Å². The number of hydrogen-bond donors (Lipinski definition) is 0. The fraction of sp³-hybridized carbons (Fsp3) is 0.444. The van der Waals surface area contributed by atoms with Crippen molar-refractivity contribution < 1.29 is 4.74 Å². The van der Waals surface area contributed by atoms with E-state index >= 15 is 0 Å². The minimum atomic E-state index is -0.0140. The first-order valence-corrected chi connectivity index (χ1v) is 6.89. The molecule has 0 amide bonds. The van der Waals surface area contributed by atoms with Gasteiger partial charge in [0, 0.05) is 11.0 Å². The molecule has 0 radical (unpaired) electrons. The normalized spacial score (nSPS) is 15.3. The lowest BCUT2D eigenvalue weighted by molar-refractivity contribution is 0.397. The zero-order valence-electron chi connectivity index (χ0n) is 12.9. The highest BCUT2D eigenvalue weighted by molar-refractivity contribution is 5.54. The molecule has 1 aromatic carbocycles. The molecule has 0 bridgehead atoms. The van der Waals surface area contributed by atoms with E-state index in [1.165, 1.54) is 27.8 Å². The molecule has 0 aliphatic heterocycles. The molecule has 1 aliphatic carbocycles. The molecule has 0 atom stereocenters. The smallest absolute Gasteiger partial charge is 0.125 e. The molecule has 0 saturated heterocycles. The van der Waals surface area contributed by atoms with Gasteiger partial charge in [0.25, 0.3) is 0 Å². The van der Waals surface area contributed by atoms with Crippen LogP contribution in [0.3, 0.4) is 0 Å². The Hall–Kier alpha value is -1.50. The van der Waals surface area contributed by atoms with Gasteiger partial charge in [-0.15, -0.1) is 0 Å². The average molecular weight is 256 g/mol. The number of hydrogen-bond acceptors (Lipinski definition) is 1. The lowest BCUT2D eigenvalue weighted by atomic mass is 9.76. The van der Waals surface area contributed by atoms with E-state index in [-0.39, 0.29) is 5.41 Å². The van der Waals surface area contributed by atoms with Crippen molar-refractivity contribution >= 4 is 0 Å². The van der Waals surface area contributed by atoms with Crippen molar-refractivity contribution in [3.63, 3.8) is 0 Å². The Labute approximate surface area is 117 Å². The lowest BCUT2D eigenvalue weighted by Gasteiger charge is -2.29. The highest BCUT2D eigenvalue weighted by Gasteiger charge is 2.30. The maximum absolute atomic E-state index is 5.66. The monoisotopic (exact) mass is 256 g/mol. The third-order valence-corrected chi connectivity index (χ3v) is 4.06. The Morgan fingerprint density at radius 2 is 1.79 bits per heavy atom. The van der Waals surface area contributed by atoms with Crippen molar-refractivity contribution in [2.75, 3.05) is 7.11 Å². The van der Waals surface area contributed by atoms with Gasteiger partial charge in [-0.25, -0.2) is 0 Å². The van der Waals surface area contributed by atoms with Crippen molar-refractivity contribution in [1.29, 1.82) is 0 Å². The quantitative estimate of drug-likeness (QED) is 0.750. The first-order valence-electron chi connectivity index (χ1n) is 6.89. The highest BCUT2D eigenvalue weighted by atomic mass is 16.5. The van der Waals surface area contributed by atoms with E-state index in [9.17, 15) is 0 Å². The molecule has 0 saturated carbocycles. The molecular formula is C18H24O. The van der Waals surface area contributed by atoms with E-state index in [1.807, 2.05) is 0 Å². The summed E-state index contributed by atoms with van der Waals surface area (Å²) < 4.78 is 5.66. The van der Waals surface area contributed by atoms with Gasteiger partial charge in [0.15, 0.2) is 0 Å². The summed E-state index contributed by atoms with van der Waals surface area (Å²) in [5.41, 5.74) is 6.61. The topological polar surface area (TPSA) is 9.23 Å².